The average Bonchev–Trinajstić information content (AvgIpc) is 3.30. The van der Waals surface area contributed by atoms with E-state index < -0.39 is 41.3 Å². The summed E-state index contributed by atoms with van der Waals surface area (Å²) < 4.78 is 33.9. The third-order valence-electron chi connectivity index (χ3n) is 7.77. The number of piperazine rings is 1. The maximum absolute atomic E-state index is 14.1. The maximum Gasteiger partial charge on any atom is 0.411 e. The normalized spacial score (nSPS) is 19.7. The molecule has 2 aromatic rings. The molecule has 2 unspecified atom stereocenters. The van der Waals surface area contributed by atoms with Crippen molar-refractivity contribution in [3.63, 3.8) is 0 Å². The van der Waals surface area contributed by atoms with Gasteiger partial charge in [0.15, 0.2) is 0 Å². The Kier molecular flexibility index (Phi) is 10.6. The molecule has 2 aliphatic heterocycles. The van der Waals surface area contributed by atoms with Gasteiger partial charge in [-0.1, -0.05) is 37.3 Å². The maximum atomic E-state index is 14.1. The van der Waals surface area contributed by atoms with Crippen LogP contribution >= 0.6 is 0 Å². The van der Waals surface area contributed by atoms with Gasteiger partial charge in [0.2, 0.25) is 17.7 Å². The van der Waals surface area contributed by atoms with Crippen molar-refractivity contribution >= 4 is 23.8 Å². The van der Waals surface area contributed by atoms with Crippen LogP contribution in [0.4, 0.5) is 13.6 Å². The first kappa shape index (κ1) is 32.9. The molecular weight excluding hydrogens is 570 g/mol. The molecule has 238 valence electrons. The Morgan fingerprint density at radius 2 is 1.68 bits per heavy atom. The summed E-state index contributed by atoms with van der Waals surface area (Å²) in [6.07, 6.45) is 0.146. The van der Waals surface area contributed by atoms with Gasteiger partial charge in [-0.2, -0.15) is 0 Å². The van der Waals surface area contributed by atoms with Crippen LogP contribution in [0.25, 0.3) is 0 Å². The van der Waals surface area contributed by atoms with E-state index in [1.807, 2.05) is 37.3 Å². The first-order valence-electron chi connectivity index (χ1n) is 15.2. The smallest absolute Gasteiger partial charge is 0.411 e. The summed E-state index contributed by atoms with van der Waals surface area (Å²) in [5, 5.41) is 2.96. The zero-order valence-corrected chi connectivity index (χ0v) is 25.9. The summed E-state index contributed by atoms with van der Waals surface area (Å²) in [4.78, 5) is 58.0. The van der Waals surface area contributed by atoms with Gasteiger partial charge in [-0.05, 0) is 63.3 Å². The second kappa shape index (κ2) is 14.2. The summed E-state index contributed by atoms with van der Waals surface area (Å²) in [5.41, 5.74) is 0.404. The number of carbonyl (C=O) groups is 4. The molecular formula is C33H42F2N4O5. The summed E-state index contributed by atoms with van der Waals surface area (Å²) in [5.74, 6) is -2.93. The molecule has 2 fully saturated rings. The van der Waals surface area contributed by atoms with Crippen molar-refractivity contribution < 1.29 is 32.7 Å². The number of likely N-dealkylation sites (tertiary alicyclic amines) is 1. The number of rotatable bonds is 10. The Morgan fingerprint density at radius 3 is 2.32 bits per heavy atom. The Morgan fingerprint density at radius 1 is 1.00 bits per heavy atom. The van der Waals surface area contributed by atoms with Crippen molar-refractivity contribution in [1.82, 2.24) is 20.0 Å². The number of ether oxygens (including phenoxy) is 1. The molecule has 2 aromatic carbocycles. The molecule has 0 radical (unpaired) electrons. The molecule has 9 nitrogen and oxygen atoms in total. The van der Waals surface area contributed by atoms with Crippen LogP contribution in [0.15, 0.2) is 48.5 Å². The quantitative estimate of drug-likeness (QED) is 0.432. The van der Waals surface area contributed by atoms with Crippen molar-refractivity contribution in [1.29, 1.82) is 0 Å². The largest absolute Gasteiger partial charge is 0.444 e. The zero-order chi connectivity index (χ0) is 32.0. The van der Waals surface area contributed by atoms with E-state index in [4.69, 9.17) is 4.74 Å². The number of carbonyl (C=O) groups excluding carboxylic acids is 4. The van der Waals surface area contributed by atoms with E-state index in [9.17, 15) is 28.0 Å². The fourth-order valence-corrected chi connectivity index (χ4v) is 5.80. The summed E-state index contributed by atoms with van der Waals surface area (Å²) >= 11 is 0. The molecule has 0 saturated carbocycles. The number of nitrogens with one attached hydrogen (secondary N) is 1. The highest BCUT2D eigenvalue weighted by Gasteiger charge is 2.42. The van der Waals surface area contributed by atoms with E-state index in [1.165, 1.54) is 17.0 Å². The number of amides is 4. The van der Waals surface area contributed by atoms with Gasteiger partial charge in [-0.25, -0.2) is 13.6 Å². The van der Waals surface area contributed by atoms with Gasteiger partial charge >= 0.3 is 6.09 Å². The molecule has 4 rings (SSSR count). The van der Waals surface area contributed by atoms with Gasteiger partial charge in [-0.3, -0.25) is 19.3 Å². The lowest BCUT2D eigenvalue weighted by atomic mass is 9.95. The zero-order valence-electron chi connectivity index (χ0n) is 25.9. The summed E-state index contributed by atoms with van der Waals surface area (Å²) in [6, 6.07) is 10.8. The highest BCUT2D eigenvalue weighted by atomic mass is 19.1. The SMILES string of the molecule is CCCN1CC(C(=O)NC(Cc2cc(F)cc(F)c2)C[C@H]2C(=O)N(Cc3ccccc3)CCN2C(=O)OC(C)(C)C)CC1=O. The van der Waals surface area contributed by atoms with E-state index in [0.29, 0.717) is 13.1 Å². The number of halogens is 2. The van der Waals surface area contributed by atoms with Gasteiger partial charge in [0, 0.05) is 51.3 Å². The van der Waals surface area contributed by atoms with E-state index in [0.717, 1.165) is 18.1 Å². The predicted octanol–water partition coefficient (Wildman–Crippen LogP) is 4.29. The lowest BCUT2D eigenvalue weighted by Gasteiger charge is -2.42. The standard InChI is InChI=1S/C33H42F2N4O5/c1-5-11-37-21-24(17-29(37)40)30(41)36-27(16-23-14-25(34)18-26(35)15-23)19-28-31(42)38(20-22-9-7-6-8-10-22)12-13-39(28)32(43)44-33(2,3)4/h6-10,14-15,18,24,27-28H,5,11-13,16-17,19-21H2,1-4H3,(H,36,41)/t24?,27?,28-/m0/s1. The minimum atomic E-state index is -1.01. The van der Waals surface area contributed by atoms with Gasteiger partial charge in [0.1, 0.15) is 23.3 Å². The van der Waals surface area contributed by atoms with Gasteiger partial charge < -0.3 is 19.9 Å². The molecule has 2 aliphatic rings. The number of hydrogen-bond acceptors (Lipinski definition) is 5. The third kappa shape index (κ3) is 8.76. The van der Waals surface area contributed by atoms with Crippen LogP contribution in [0.5, 0.6) is 0 Å². The van der Waals surface area contributed by atoms with Crippen molar-refractivity contribution in [3.8, 4) is 0 Å². The second-order valence-electron chi connectivity index (χ2n) is 12.6. The van der Waals surface area contributed by atoms with Crippen LogP contribution in [0, 0.1) is 17.6 Å². The highest BCUT2D eigenvalue weighted by Crippen LogP contribution is 2.25. The molecule has 1 N–H and O–H groups in total. The minimum Gasteiger partial charge on any atom is -0.444 e. The minimum absolute atomic E-state index is 0.00435. The highest BCUT2D eigenvalue weighted by molar-refractivity contribution is 5.90. The molecule has 2 saturated heterocycles. The molecule has 4 amide bonds. The van der Waals surface area contributed by atoms with Crippen molar-refractivity contribution in [2.45, 2.75) is 77.6 Å². The number of benzene rings is 2. The Hall–Kier alpha value is -4.02. The van der Waals surface area contributed by atoms with Crippen LogP contribution in [0.1, 0.15) is 58.1 Å². The predicted molar refractivity (Wildman–Crippen MR) is 160 cm³/mol. The van der Waals surface area contributed by atoms with E-state index in [2.05, 4.69) is 5.32 Å². The molecule has 0 spiro atoms. The Labute approximate surface area is 257 Å². The van der Waals surface area contributed by atoms with E-state index in [-0.39, 0.29) is 62.2 Å². The third-order valence-corrected chi connectivity index (χ3v) is 7.77. The van der Waals surface area contributed by atoms with Gasteiger partial charge in [-0.15, -0.1) is 0 Å². The fraction of sp³-hybridized carbons (Fsp3) is 0.515. The van der Waals surface area contributed by atoms with Crippen molar-refractivity contribution in [3.05, 3.63) is 71.3 Å². The van der Waals surface area contributed by atoms with Crippen LogP contribution in [-0.2, 0) is 32.1 Å². The van der Waals surface area contributed by atoms with Crippen LogP contribution in [0.2, 0.25) is 0 Å². The summed E-state index contributed by atoms with van der Waals surface area (Å²) in [7, 11) is 0. The lowest BCUT2D eigenvalue weighted by Crippen LogP contribution is -2.60. The first-order chi connectivity index (χ1) is 20.8. The van der Waals surface area contributed by atoms with E-state index >= 15 is 0 Å². The molecule has 3 atom stereocenters. The fourth-order valence-electron chi connectivity index (χ4n) is 5.80. The molecule has 2 heterocycles. The Bertz CT molecular complexity index is 1330. The molecule has 44 heavy (non-hydrogen) atoms. The van der Waals surface area contributed by atoms with Crippen LogP contribution < -0.4 is 5.32 Å². The van der Waals surface area contributed by atoms with Crippen LogP contribution in [-0.4, -0.2) is 82.4 Å². The topological polar surface area (TPSA) is 99.3 Å². The first-order valence-corrected chi connectivity index (χ1v) is 15.2. The van der Waals surface area contributed by atoms with E-state index in [1.54, 1.807) is 30.6 Å². The van der Waals surface area contributed by atoms with Crippen molar-refractivity contribution in [2.75, 3.05) is 26.2 Å². The average molecular weight is 613 g/mol. The molecule has 11 heteroatoms. The summed E-state index contributed by atoms with van der Waals surface area (Å²) in [6.45, 7) is 8.81. The Balaban J connectivity index is 1.62. The molecule has 0 aromatic heterocycles. The molecule has 0 bridgehead atoms. The molecule has 0 aliphatic carbocycles. The lowest BCUT2D eigenvalue weighted by molar-refractivity contribution is -0.143. The van der Waals surface area contributed by atoms with Crippen LogP contribution in [0.3, 0.4) is 0 Å². The monoisotopic (exact) mass is 612 g/mol. The number of hydrogen-bond donors (Lipinski definition) is 1. The number of nitrogens with zero attached hydrogens (tertiary/aromatic N) is 3. The second-order valence-corrected chi connectivity index (χ2v) is 12.6. The van der Waals surface area contributed by atoms with Gasteiger partial charge in [0.25, 0.3) is 0 Å². The van der Waals surface area contributed by atoms with Crippen molar-refractivity contribution in [2.24, 2.45) is 5.92 Å². The van der Waals surface area contributed by atoms with Gasteiger partial charge in [0.05, 0.1) is 5.92 Å².